The van der Waals surface area contributed by atoms with Crippen molar-refractivity contribution >= 4 is 23.9 Å². The number of rotatable bonds is 20. The Hall–Kier alpha value is -2.12. The van der Waals surface area contributed by atoms with Crippen LogP contribution < -0.4 is 0 Å². The molecule has 0 atom stereocenters. The lowest BCUT2D eigenvalue weighted by atomic mass is 10.0. The molecular formula is C25H44O8. The van der Waals surface area contributed by atoms with Gasteiger partial charge in [0, 0.05) is 27.2 Å². The van der Waals surface area contributed by atoms with E-state index < -0.39 is 30.0 Å². The SMILES string of the molecule is CCCCCCCCCCCCCCCCCC(=O)OC(OC(C)=O)(OC(C)=O)OC(C)=O. The van der Waals surface area contributed by atoms with E-state index >= 15 is 0 Å². The van der Waals surface area contributed by atoms with Gasteiger partial charge in [0.05, 0.1) is 0 Å². The van der Waals surface area contributed by atoms with Crippen molar-refractivity contribution in [1.29, 1.82) is 0 Å². The fraction of sp³-hybridized carbons (Fsp3) is 0.840. The second-order valence-electron chi connectivity index (χ2n) is 8.45. The standard InChI is InChI=1S/C25H44O8/c1-5-6-7-8-9-10-11-12-13-14-15-16-17-18-19-20-24(29)33-25(30-21(2)26,31-22(3)27)32-23(4)28/h5-20H2,1-4H3. The van der Waals surface area contributed by atoms with Gasteiger partial charge in [-0.2, -0.15) is 0 Å². The van der Waals surface area contributed by atoms with E-state index in [1.165, 1.54) is 70.6 Å². The molecule has 0 unspecified atom stereocenters. The molecule has 0 bridgehead atoms. The average Bonchev–Trinajstić information content (AvgIpc) is 2.69. The smallest absolute Gasteiger partial charge is 0.353 e. The van der Waals surface area contributed by atoms with E-state index in [0.29, 0.717) is 6.42 Å². The molecule has 33 heavy (non-hydrogen) atoms. The lowest BCUT2D eigenvalue weighted by Gasteiger charge is -2.27. The highest BCUT2D eigenvalue weighted by Crippen LogP contribution is 2.21. The third-order valence-corrected chi connectivity index (χ3v) is 5.03. The molecule has 0 radical (unpaired) electrons. The number of esters is 4. The zero-order chi connectivity index (χ0) is 25.0. The summed E-state index contributed by atoms with van der Waals surface area (Å²) in [6.45, 7) is 5.25. The number of hydrogen-bond acceptors (Lipinski definition) is 8. The predicted molar refractivity (Wildman–Crippen MR) is 124 cm³/mol. The monoisotopic (exact) mass is 472 g/mol. The fourth-order valence-electron chi connectivity index (χ4n) is 3.48. The predicted octanol–water partition coefficient (Wildman–Crippen LogP) is 6.09. The molecule has 0 N–H and O–H groups in total. The van der Waals surface area contributed by atoms with Crippen LogP contribution in [0.25, 0.3) is 0 Å². The van der Waals surface area contributed by atoms with Crippen molar-refractivity contribution in [1.82, 2.24) is 0 Å². The first kappa shape index (κ1) is 30.9. The van der Waals surface area contributed by atoms with Crippen LogP contribution in [0.1, 0.15) is 130 Å². The molecule has 0 aromatic heterocycles. The summed E-state index contributed by atoms with van der Waals surface area (Å²) in [5.41, 5.74) is 0. The molecule has 0 fully saturated rings. The normalized spacial score (nSPS) is 11.0. The first-order valence-electron chi connectivity index (χ1n) is 12.5. The van der Waals surface area contributed by atoms with Crippen LogP contribution in [-0.4, -0.2) is 30.0 Å². The summed E-state index contributed by atoms with van der Waals surface area (Å²) < 4.78 is 19.0. The van der Waals surface area contributed by atoms with Crippen LogP contribution in [0.3, 0.4) is 0 Å². The molecule has 0 aromatic carbocycles. The lowest BCUT2D eigenvalue weighted by Crippen LogP contribution is -2.47. The Morgan fingerprint density at radius 1 is 0.485 bits per heavy atom. The first-order valence-corrected chi connectivity index (χ1v) is 12.5. The molecule has 0 amide bonds. The van der Waals surface area contributed by atoms with Crippen molar-refractivity contribution in [3.05, 3.63) is 0 Å². The van der Waals surface area contributed by atoms with Crippen LogP contribution in [-0.2, 0) is 38.1 Å². The molecule has 0 aromatic rings. The summed E-state index contributed by atoms with van der Waals surface area (Å²) >= 11 is 0. The summed E-state index contributed by atoms with van der Waals surface area (Å²) in [6, 6.07) is 0. The van der Waals surface area contributed by atoms with E-state index in [4.69, 9.17) is 18.9 Å². The van der Waals surface area contributed by atoms with Crippen LogP contribution in [0.2, 0.25) is 0 Å². The van der Waals surface area contributed by atoms with E-state index in [-0.39, 0.29) is 6.42 Å². The van der Waals surface area contributed by atoms with Gasteiger partial charge in [-0.3, -0.25) is 19.2 Å². The summed E-state index contributed by atoms with van der Waals surface area (Å²) in [7, 11) is 0. The minimum Gasteiger partial charge on any atom is -0.353 e. The van der Waals surface area contributed by atoms with Gasteiger partial charge in [-0.15, -0.1) is 0 Å². The molecule has 0 heterocycles. The number of carbonyl (C=O) groups is 4. The number of ether oxygens (including phenoxy) is 4. The van der Waals surface area contributed by atoms with Gasteiger partial charge in [-0.1, -0.05) is 96.8 Å². The Morgan fingerprint density at radius 2 is 0.788 bits per heavy atom. The van der Waals surface area contributed by atoms with Crippen LogP contribution in [0.5, 0.6) is 0 Å². The van der Waals surface area contributed by atoms with Crippen LogP contribution >= 0.6 is 0 Å². The van der Waals surface area contributed by atoms with Crippen LogP contribution in [0.4, 0.5) is 0 Å². The van der Waals surface area contributed by atoms with E-state index in [1.807, 2.05) is 0 Å². The van der Waals surface area contributed by atoms with Gasteiger partial charge in [0.1, 0.15) is 0 Å². The van der Waals surface area contributed by atoms with E-state index in [0.717, 1.165) is 40.0 Å². The third kappa shape index (κ3) is 19.1. The maximum atomic E-state index is 12.1. The maximum absolute atomic E-state index is 12.1. The molecule has 8 nitrogen and oxygen atoms in total. The highest BCUT2D eigenvalue weighted by Gasteiger charge is 2.47. The summed E-state index contributed by atoms with van der Waals surface area (Å²) in [6.07, 6.45) is 15.2. The Morgan fingerprint density at radius 3 is 1.09 bits per heavy atom. The van der Waals surface area contributed by atoms with Gasteiger partial charge in [0.15, 0.2) is 0 Å². The Kier molecular flexibility index (Phi) is 18.1. The molecule has 0 saturated heterocycles. The minimum atomic E-state index is -2.82. The van der Waals surface area contributed by atoms with Crippen LogP contribution in [0.15, 0.2) is 0 Å². The molecule has 192 valence electrons. The number of unbranched alkanes of at least 4 members (excludes halogenated alkanes) is 14. The van der Waals surface area contributed by atoms with Crippen molar-refractivity contribution in [3.63, 3.8) is 0 Å². The van der Waals surface area contributed by atoms with Crippen molar-refractivity contribution in [2.45, 2.75) is 137 Å². The fourth-order valence-corrected chi connectivity index (χ4v) is 3.48. The zero-order valence-corrected chi connectivity index (χ0v) is 21.1. The molecular weight excluding hydrogens is 428 g/mol. The van der Waals surface area contributed by atoms with Gasteiger partial charge >= 0.3 is 30.0 Å². The Bertz CT molecular complexity index is 532. The van der Waals surface area contributed by atoms with Crippen molar-refractivity contribution in [3.8, 4) is 0 Å². The van der Waals surface area contributed by atoms with E-state index in [9.17, 15) is 19.2 Å². The van der Waals surface area contributed by atoms with Gasteiger partial charge in [-0.25, -0.2) is 0 Å². The molecule has 0 rings (SSSR count). The van der Waals surface area contributed by atoms with Gasteiger partial charge < -0.3 is 18.9 Å². The topological polar surface area (TPSA) is 105 Å². The first-order chi connectivity index (χ1) is 15.7. The van der Waals surface area contributed by atoms with Crippen molar-refractivity contribution in [2.75, 3.05) is 0 Å². The Balaban J connectivity index is 3.96. The third-order valence-electron chi connectivity index (χ3n) is 5.03. The van der Waals surface area contributed by atoms with Gasteiger partial charge in [0.25, 0.3) is 0 Å². The molecule has 0 aliphatic rings. The van der Waals surface area contributed by atoms with Crippen molar-refractivity contribution < 1.29 is 38.1 Å². The highest BCUT2D eigenvalue weighted by atomic mass is 17.0. The van der Waals surface area contributed by atoms with Gasteiger partial charge in [0.2, 0.25) is 0 Å². The summed E-state index contributed by atoms with van der Waals surface area (Å²) in [5.74, 6) is -3.64. The summed E-state index contributed by atoms with van der Waals surface area (Å²) in [4.78, 5) is 46.1. The number of carbonyl (C=O) groups excluding carboxylic acids is 4. The number of hydrogen-bond donors (Lipinski definition) is 0. The quantitative estimate of drug-likeness (QED) is 0.119. The molecule has 0 saturated carbocycles. The highest BCUT2D eigenvalue weighted by molar-refractivity contribution is 5.73. The zero-order valence-electron chi connectivity index (χ0n) is 21.1. The van der Waals surface area contributed by atoms with Crippen molar-refractivity contribution in [2.24, 2.45) is 0 Å². The maximum Gasteiger partial charge on any atom is 0.619 e. The van der Waals surface area contributed by atoms with Crippen LogP contribution in [0, 0.1) is 0 Å². The average molecular weight is 473 g/mol. The second kappa shape index (κ2) is 19.4. The molecule has 0 spiro atoms. The summed E-state index contributed by atoms with van der Waals surface area (Å²) in [5, 5.41) is 0. The van der Waals surface area contributed by atoms with E-state index in [2.05, 4.69) is 6.92 Å². The molecule has 0 aliphatic heterocycles. The van der Waals surface area contributed by atoms with Gasteiger partial charge in [-0.05, 0) is 6.42 Å². The molecule has 0 aliphatic carbocycles. The Labute approximate surface area is 199 Å². The second-order valence-corrected chi connectivity index (χ2v) is 8.45. The lowest BCUT2D eigenvalue weighted by molar-refractivity contribution is -0.430. The molecule has 8 heteroatoms. The minimum absolute atomic E-state index is 0.0177. The van der Waals surface area contributed by atoms with E-state index in [1.54, 1.807) is 0 Å². The largest absolute Gasteiger partial charge is 0.619 e.